The zero-order chi connectivity index (χ0) is 21.5. The molecule has 0 bridgehead atoms. The molecule has 0 atom stereocenters. The molecule has 1 aromatic carbocycles. The molecule has 0 amide bonds. The van der Waals surface area contributed by atoms with Crippen molar-refractivity contribution in [3.8, 4) is 28.7 Å². The van der Waals surface area contributed by atoms with Crippen LogP contribution in [0.4, 0.5) is 5.69 Å². The second-order valence-corrected chi connectivity index (χ2v) is 8.55. The minimum absolute atomic E-state index is 0.126. The lowest BCUT2D eigenvalue weighted by molar-refractivity contribution is -0.384. The minimum atomic E-state index is -0.481. The van der Waals surface area contributed by atoms with Crippen LogP contribution in [-0.4, -0.2) is 22.0 Å². The van der Waals surface area contributed by atoms with Gasteiger partial charge in [0.15, 0.2) is 11.6 Å². The summed E-state index contributed by atoms with van der Waals surface area (Å²) in [6.45, 7) is 0. The molecule has 31 heavy (non-hydrogen) atoms. The zero-order valence-electron chi connectivity index (χ0n) is 16.8. The van der Waals surface area contributed by atoms with E-state index in [1.54, 1.807) is 35.6 Å². The molecule has 0 radical (unpaired) electrons. The van der Waals surface area contributed by atoms with Crippen molar-refractivity contribution >= 4 is 27.2 Å². The number of hydrogen-bond acceptors (Lipinski definition) is 7. The predicted octanol–water partition coefficient (Wildman–Crippen LogP) is 5.10. The molecule has 1 N–H and O–H groups in total. The fraction of sp³-hybridized carbons (Fsp3) is 0.273. The second-order valence-electron chi connectivity index (χ2n) is 7.46. The highest BCUT2D eigenvalue weighted by Gasteiger charge is 2.22. The third-order valence-corrected chi connectivity index (χ3v) is 6.77. The molecule has 0 aliphatic heterocycles. The number of thiophene rings is 1. The van der Waals surface area contributed by atoms with Crippen molar-refractivity contribution in [3.05, 3.63) is 61.2 Å². The maximum Gasteiger partial charge on any atom is 0.284 e. The third-order valence-electron chi connectivity index (χ3n) is 5.58. The number of hydrogen-bond donors (Lipinski definition) is 1. The number of nitrogens with one attached hydrogen (secondary N) is 1. The Morgan fingerprint density at radius 2 is 1.97 bits per heavy atom. The Hall–Kier alpha value is -3.46. The lowest BCUT2D eigenvalue weighted by atomic mass is 10.1. The van der Waals surface area contributed by atoms with Crippen molar-refractivity contribution in [1.29, 1.82) is 0 Å². The molecule has 3 heterocycles. The number of aryl methyl sites for hydroxylation is 2. The lowest BCUT2D eigenvalue weighted by Gasteiger charge is -2.03. The molecule has 0 unspecified atom stereocenters. The van der Waals surface area contributed by atoms with E-state index in [0.29, 0.717) is 38.9 Å². The Morgan fingerprint density at radius 3 is 2.77 bits per heavy atom. The van der Waals surface area contributed by atoms with Gasteiger partial charge in [0.2, 0.25) is 0 Å². The first-order valence-electron chi connectivity index (χ1n) is 10.0. The summed E-state index contributed by atoms with van der Waals surface area (Å²) in [6.07, 6.45) is 5.29. The van der Waals surface area contributed by atoms with Crippen LogP contribution in [0, 0.1) is 10.1 Å². The van der Waals surface area contributed by atoms with Gasteiger partial charge in [-0.1, -0.05) is 6.42 Å². The van der Waals surface area contributed by atoms with Crippen molar-refractivity contribution in [2.45, 2.75) is 32.1 Å². The number of nitro benzene ring substituents is 1. The minimum Gasteiger partial charge on any atom is -0.497 e. The summed E-state index contributed by atoms with van der Waals surface area (Å²) in [5.41, 5.74) is 1.15. The van der Waals surface area contributed by atoms with Crippen LogP contribution in [0.5, 0.6) is 5.75 Å². The van der Waals surface area contributed by atoms with E-state index in [1.807, 2.05) is 0 Å². The van der Waals surface area contributed by atoms with E-state index in [9.17, 15) is 14.9 Å². The van der Waals surface area contributed by atoms with Crippen molar-refractivity contribution < 1.29 is 14.1 Å². The van der Waals surface area contributed by atoms with Crippen LogP contribution < -0.4 is 10.3 Å². The molecular formula is C22H19N3O5S. The second kappa shape index (κ2) is 7.66. The smallest absolute Gasteiger partial charge is 0.284 e. The predicted molar refractivity (Wildman–Crippen MR) is 118 cm³/mol. The lowest BCUT2D eigenvalue weighted by Crippen LogP contribution is -2.09. The van der Waals surface area contributed by atoms with E-state index < -0.39 is 4.92 Å². The van der Waals surface area contributed by atoms with Gasteiger partial charge in [-0.25, -0.2) is 4.98 Å². The fourth-order valence-electron chi connectivity index (χ4n) is 4.07. The number of fused-ring (bicyclic) bond motifs is 3. The van der Waals surface area contributed by atoms with Crippen LogP contribution in [0.1, 0.15) is 29.7 Å². The molecule has 0 spiro atoms. The topological polar surface area (TPSA) is 111 Å². The Morgan fingerprint density at radius 1 is 1.16 bits per heavy atom. The van der Waals surface area contributed by atoms with Crippen molar-refractivity contribution in [3.63, 3.8) is 0 Å². The van der Waals surface area contributed by atoms with Crippen LogP contribution in [0.15, 0.2) is 39.5 Å². The highest BCUT2D eigenvalue weighted by molar-refractivity contribution is 7.18. The summed E-state index contributed by atoms with van der Waals surface area (Å²) in [5.74, 6) is 1.37. The van der Waals surface area contributed by atoms with Gasteiger partial charge in [-0.3, -0.25) is 14.9 Å². The fourth-order valence-corrected chi connectivity index (χ4v) is 5.33. The van der Waals surface area contributed by atoms with Crippen molar-refractivity contribution in [2.24, 2.45) is 0 Å². The van der Waals surface area contributed by atoms with Crippen LogP contribution in [0.2, 0.25) is 0 Å². The summed E-state index contributed by atoms with van der Waals surface area (Å²) >= 11 is 1.57. The first-order valence-corrected chi connectivity index (χ1v) is 10.8. The zero-order valence-corrected chi connectivity index (χ0v) is 17.6. The molecule has 4 aromatic rings. The Kier molecular flexibility index (Phi) is 4.82. The van der Waals surface area contributed by atoms with Crippen LogP contribution in [-0.2, 0) is 12.8 Å². The quantitative estimate of drug-likeness (QED) is 0.270. The number of ether oxygens (including phenoxy) is 1. The molecule has 0 fully saturated rings. The molecule has 8 nitrogen and oxygen atoms in total. The summed E-state index contributed by atoms with van der Waals surface area (Å²) in [7, 11) is 1.45. The number of furan rings is 1. The molecule has 5 rings (SSSR count). The highest BCUT2D eigenvalue weighted by Crippen LogP contribution is 2.37. The Balaban J connectivity index is 1.58. The van der Waals surface area contributed by atoms with Crippen molar-refractivity contribution in [1.82, 2.24) is 9.97 Å². The molecule has 1 aliphatic rings. The summed E-state index contributed by atoms with van der Waals surface area (Å²) in [5, 5.41) is 12.2. The van der Waals surface area contributed by atoms with Gasteiger partial charge < -0.3 is 14.1 Å². The maximum atomic E-state index is 12.9. The Labute approximate surface area is 180 Å². The Bertz CT molecular complexity index is 1370. The van der Waals surface area contributed by atoms with Gasteiger partial charge >= 0.3 is 0 Å². The van der Waals surface area contributed by atoms with Gasteiger partial charge in [0, 0.05) is 4.88 Å². The third kappa shape index (κ3) is 3.40. The molecule has 3 aromatic heterocycles. The van der Waals surface area contributed by atoms with Gasteiger partial charge in [0.25, 0.3) is 11.2 Å². The number of aromatic nitrogens is 2. The molecule has 1 aliphatic carbocycles. The average molecular weight is 437 g/mol. The number of rotatable bonds is 4. The first kappa shape index (κ1) is 19.5. The molecule has 158 valence electrons. The van der Waals surface area contributed by atoms with Crippen molar-refractivity contribution in [2.75, 3.05) is 7.11 Å². The maximum absolute atomic E-state index is 12.9. The first-order chi connectivity index (χ1) is 15.0. The summed E-state index contributed by atoms with van der Waals surface area (Å²) in [4.78, 5) is 33.3. The summed E-state index contributed by atoms with van der Waals surface area (Å²) < 4.78 is 11.0. The van der Waals surface area contributed by atoms with Gasteiger partial charge in [0.1, 0.15) is 16.3 Å². The van der Waals surface area contributed by atoms with E-state index in [4.69, 9.17) is 9.15 Å². The largest absolute Gasteiger partial charge is 0.497 e. The van der Waals surface area contributed by atoms with Crippen LogP contribution in [0.25, 0.3) is 33.1 Å². The van der Waals surface area contributed by atoms with Crippen LogP contribution >= 0.6 is 11.3 Å². The average Bonchev–Trinajstić information content (AvgIpc) is 3.32. The number of H-pyrrole nitrogens is 1. The normalized spacial score (nSPS) is 13.7. The number of nitro groups is 1. The van der Waals surface area contributed by atoms with Gasteiger partial charge in [-0.2, -0.15) is 0 Å². The standard InChI is InChI=1S/C22H19N3O5S/c1-29-12-7-8-13(15(11-12)25(27)28)16-9-10-17(30-16)20-23-21(26)19-14-5-3-2-4-6-18(14)31-22(19)24-20/h7-11H,2-6H2,1H3,(H,23,24,26). The van der Waals surface area contributed by atoms with E-state index in [2.05, 4.69) is 9.97 Å². The molecule has 0 saturated heterocycles. The van der Waals surface area contributed by atoms with Gasteiger partial charge in [-0.05, 0) is 55.5 Å². The van der Waals surface area contributed by atoms with Gasteiger partial charge in [0.05, 0.1) is 29.0 Å². The summed E-state index contributed by atoms with van der Waals surface area (Å²) in [6, 6.07) is 7.86. The van der Waals surface area contributed by atoms with E-state index in [0.717, 1.165) is 31.2 Å². The van der Waals surface area contributed by atoms with Gasteiger partial charge in [-0.15, -0.1) is 11.3 Å². The number of nitrogens with zero attached hydrogens (tertiary/aromatic N) is 2. The van der Waals surface area contributed by atoms with E-state index in [-0.39, 0.29) is 11.2 Å². The molecule has 0 saturated carbocycles. The van der Waals surface area contributed by atoms with Crippen LogP contribution in [0.3, 0.4) is 0 Å². The molecular weight excluding hydrogens is 418 g/mol. The number of benzene rings is 1. The molecule has 9 heteroatoms. The van der Waals surface area contributed by atoms with E-state index in [1.165, 1.54) is 24.5 Å². The highest BCUT2D eigenvalue weighted by atomic mass is 32.1. The monoisotopic (exact) mass is 437 g/mol. The van der Waals surface area contributed by atoms with E-state index >= 15 is 0 Å². The number of aromatic amines is 1. The number of methoxy groups -OCH3 is 1. The SMILES string of the molecule is COc1ccc(-c2ccc(-c3nc4sc5c(c4c(=O)[nH]3)CCCCC5)o2)c([N+](=O)[O-])c1.